The predicted molar refractivity (Wildman–Crippen MR) is 124 cm³/mol. The fourth-order valence-corrected chi connectivity index (χ4v) is 4.00. The average molecular weight is 527 g/mol. The van der Waals surface area contributed by atoms with Crippen LogP contribution in [-0.2, 0) is 17.9 Å². The van der Waals surface area contributed by atoms with E-state index in [0.717, 1.165) is 42.3 Å². The summed E-state index contributed by atoms with van der Waals surface area (Å²) >= 11 is 0. The fourth-order valence-electron chi connectivity index (χ4n) is 4.00. The Morgan fingerprint density at radius 1 is 1.30 bits per heavy atom. The van der Waals surface area contributed by atoms with Gasteiger partial charge in [-0.25, -0.2) is 4.39 Å². The van der Waals surface area contributed by atoms with Gasteiger partial charge in [0.05, 0.1) is 13.7 Å². The van der Waals surface area contributed by atoms with E-state index in [1.807, 2.05) is 12.1 Å². The maximum atomic E-state index is 14.0. The van der Waals surface area contributed by atoms with Gasteiger partial charge in [-0.2, -0.15) is 0 Å². The molecule has 2 heterocycles. The van der Waals surface area contributed by atoms with Gasteiger partial charge >= 0.3 is 0 Å². The number of nitrogens with one attached hydrogen (secondary N) is 1. The molecule has 0 bridgehead atoms. The largest absolute Gasteiger partial charge is 0.497 e. The Balaban J connectivity index is 0.00000256. The molecular formula is C22H27FIN3O3. The van der Waals surface area contributed by atoms with Gasteiger partial charge in [0, 0.05) is 43.7 Å². The number of aliphatic imine (C=N–C) groups is 1. The number of hydrogen-bond donors (Lipinski definition) is 1. The van der Waals surface area contributed by atoms with Crippen molar-refractivity contribution in [3.8, 4) is 11.5 Å². The summed E-state index contributed by atoms with van der Waals surface area (Å²) in [6, 6.07) is 11.2. The molecule has 162 valence electrons. The number of guanidine groups is 1. The van der Waals surface area contributed by atoms with Gasteiger partial charge in [-0.15, -0.1) is 24.0 Å². The first kappa shape index (κ1) is 22.6. The Morgan fingerprint density at radius 2 is 2.10 bits per heavy atom. The highest BCUT2D eigenvalue weighted by atomic mass is 127. The molecule has 1 atom stereocenters. The highest BCUT2D eigenvalue weighted by Gasteiger charge is 2.26. The van der Waals surface area contributed by atoms with Crippen LogP contribution in [-0.4, -0.2) is 44.9 Å². The lowest BCUT2D eigenvalue weighted by Crippen LogP contribution is -2.39. The predicted octanol–water partition coefficient (Wildman–Crippen LogP) is 3.88. The molecule has 6 nitrogen and oxygen atoms in total. The molecule has 1 fully saturated rings. The number of rotatable bonds is 4. The highest BCUT2D eigenvalue weighted by molar-refractivity contribution is 14.0. The lowest BCUT2D eigenvalue weighted by molar-refractivity contribution is -0.0173. The summed E-state index contributed by atoms with van der Waals surface area (Å²) in [5, 5.41) is 3.36. The summed E-state index contributed by atoms with van der Waals surface area (Å²) in [7, 11) is 3.45. The third-order valence-electron chi connectivity index (χ3n) is 5.48. The van der Waals surface area contributed by atoms with Crippen LogP contribution in [0.2, 0.25) is 0 Å². The van der Waals surface area contributed by atoms with Gasteiger partial charge in [-0.1, -0.05) is 12.1 Å². The van der Waals surface area contributed by atoms with E-state index in [1.54, 1.807) is 14.2 Å². The van der Waals surface area contributed by atoms with Crippen molar-refractivity contribution in [3.05, 3.63) is 58.9 Å². The van der Waals surface area contributed by atoms with Crippen molar-refractivity contribution in [1.82, 2.24) is 10.2 Å². The lowest BCUT2D eigenvalue weighted by atomic mass is 9.98. The minimum absolute atomic E-state index is 0. The molecule has 0 spiro atoms. The lowest BCUT2D eigenvalue weighted by Gasteiger charge is -2.24. The number of likely N-dealkylation sites (tertiary alicyclic amines) is 1. The standard InChI is InChI=1S/C22H26FN3O3.HI/c1-24-22(25-11-17-9-19(23)10-18-13-28-14-29-21(17)18)26-8-7-16(12-26)15-3-5-20(27-2)6-4-15;/h3-6,9-10,16H,7-8,11-14H2,1-2H3,(H,24,25);1H. The van der Waals surface area contributed by atoms with Crippen LogP contribution in [0.5, 0.6) is 11.5 Å². The number of halogens is 2. The molecule has 0 saturated carbocycles. The maximum Gasteiger partial charge on any atom is 0.193 e. The second-order valence-corrected chi connectivity index (χ2v) is 7.27. The number of ether oxygens (including phenoxy) is 3. The van der Waals surface area contributed by atoms with Gasteiger partial charge in [0.1, 0.15) is 17.3 Å². The summed E-state index contributed by atoms with van der Waals surface area (Å²) in [6.45, 7) is 2.80. The van der Waals surface area contributed by atoms with Gasteiger partial charge in [0.25, 0.3) is 0 Å². The molecule has 2 aliphatic rings. The van der Waals surface area contributed by atoms with E-state index in [1.165, 1.54) is 17.7 Å². The summed E-state index contributed by atoms with van der Waals surface area (Å²) in [6.07, 6.45) is 1.06. The van der Waals surface area contributed by atoms with Crippen molar-refractivity contribution in [1.29, 1.82) is 0 Å². The molecule has 30 heavy (non-hydrogen) atoms. The molecule has 2 aliphatic heterocycles. The molecule has 1 saturated heterocycles. The number of nitrogens with zero attached hydrogens (tertiary/aromatic N) is 2. The van der Waals surface area contributed by atoms with E-state index < -0.39 is 0 Å². The van der Waals surface area contributed by atoms with Crippen LogP contribution in [0.25, 0.3) is 0 Å². The molecule has 2 aromatic rings. The molecule has 4 rings (SSSR count). The van der Waals surface area contributed by atoms with Crippen molar-refractivity contribution in [2.75, 3.05) is 34.0 Å². The number of methoxy groups -OCH3 is 1. The first-order valence-corrected chi connectivity index (χ1v) is 9.79. The molecule has 0 aliphatic carbocycles. The van der Waals surface area contributed by atoms with Gasteiger partial charge in [-0.05, 0) is 36.2 Å². The molecule has 0 radical (unpaired) electrons. The summed E-state index contributed by atoms with van der Waals surface area (Å²) in [4.78, 5) is 6.67. The molecular weight excluding hydrogens is 500 g/mol. The van der Waals surface area contributed by atoms with Gasteiger partial charge in [-0.3, -0.25) is 4.99 Å². The van der Waals surface area contributed by atoms with E-state index >= 15 is 0 Å². The Kier molecular flexibility index (Phi) is 7.76. The van der Waals surface area contributed by atoms with Crippen LogP contribution in [0.15, 0.2) is 41.4 Å². The minimum Gasteiger partial charge on any atom is -0.497 e. The zero-order valence-corrected chi connectivity index (χ0v) is 19.5. The minimum atomic E-state index is -0.287. The zero-order chi connectivity index (χ0) is 20.2. The summed E-state index contributed by atoms with van der Waals surface area (Å²) < 4.78 is 30.1. The Morgan fingerprint density at radius 3 is 2.83 bits per heavy atom. The Hall–Kier alpha value is -2.07. The second kappa shape index (κ2) is 10.3. The summed E-state index contributed by atoms with van der Waals surface area (Å²) in [5.74, 6) is 2.54. The van der Waals surface area contributed by atoms with E-state index in [0.29, 0.717) is 24.8 Å². The first-order valence-electron chi connectivity index (χ1n) is 9.79. The quantitative estimate of drug-likeness (QED) is 0.372. The van der Waals surface area contributed by atoms with Crippen molar-refractivity contribution >= 4 is 29.9 Å². The normalized spacial score (nSPS) is 18.3. The van der Waals surface area contributed by atoms with Crippen LogP contribution < -0.4 is 14.8 Å². The number of fused-ring (bicyclic) bond motifs is 1. The van der Waals surface area contributed by atoms with Crippen LogP contribution in [0, 0.1) is 5.82 Å². The van der Waals surface area contributed by atoms with Gasteiger partial charge in [0.2, 0.25) is 0 Å². The van der Waals surface area contributed by atoms with Crippen LogP contribution >= 0.6 is 24.0 Å². The van der Waals surface area contributed by atoms with Crippen molar-refractivity contribution in [2.45, 2.75) is 25.5 Å². The third-order valence-corrected chi connectivity index (χ3v) is 5.48. The van der Waals surface area contributed by atoms with Crippen molar-refractivity contribution < 1.29 is 18.6 Å². The molecule has 1 unspecified atom stereocenters. The fraction of sp³-hybridized carbons (Fsp3) is 0.409. The maximum absolute atomic E-state index is 14.0. The van der Waals surface area contributed by atoms with E-state index in [9.17, 15) is 4.39 Å². The number of hydrogen-bond acceptors (Lipinski definition) is 4. The monoisotopic (exact) mass is 527 g/mol. The smallest absolute Gasteiger partial charge is 0.193 e. The molecule has 8 heteroatoms. The van der Waals surface area contributed by atoms with Gasteiger partial charge in [0.15, 0.2) is 12.8 Å². The van der Waals surface area contributed by atoms with Crippen LogP contribution in [0.4, 0.5) is 4.39 Å². The summed E-state index contributed by atoms with van der Waals surface area (Å²) in [5.41, 5.74) is 2.82. The average Bonchev–Trinajstić information content (AvgIpc) is 3.24. The van der Waals surface area contributed by atoms with Crippen LogP contribution in [0.3, 0.4) is 0 Å². The second-order valence-electron chi connectivity index (χ2n) is 7.27. The molecule has 1 N–H and O–H groups in total. The van der Waals surface area contributed by atoms with Crippen molar-refractivity contribution in [2.24, 2.45) is 4.99 Å². The SMILES string of the molecule is CN=C(NCc1cc(F)cc2c1OCOC2)N1CCC(c2ccc(OC)cc2)C1.I. The topological polar surface area (TPSA) is 55.3 Å². The third kappa shape index (κ3) is 4.97. The van der Waals surface area contributed by atoms with Crippen molar-refractivity contribution in [3.63, 3.8) is 0 Å². The molecule has 0 amide bonds. The highest BCUT2D eigenvalue weighted by Crippen LogP contribution is 2.30. The Labute approximate surface area is 193 Å². The van der Waals surface area contributed by atoms with E-state index in [2.05, 4.69) is 27.3 Å². The Bertz CT molecular complexity index is 892. The van der Waals surface area contributed by atoms with E-state index in [4.69, 9.17) is 14.2 Å². The van der Waals surface area contributed by atoms with Gasteiger partial charge < -0.3 is 24.4 Å². The zero-order valence-electron chi connectivity index (χ0n) is 17.2. The van der Waals surface area contributed by atoms with Crippen LogP contribution in [0.1, 0.15) is 29.0 Å². The molecule has 0 aromatic heterocycles. The van der Waals surface area contributed by atoms with E-state index in [-0.39, 0.29) is 36.6 Å². The first-order chi connectivity index (χ1) is 14.2. The molecule has 2 aromatic carbocycles. The number of benzene rings is 2.